The second kappa shape index (κ2) is 8.26. The van der Waals surface area contributed by atoms with Gasteiger partial charge in [0.25, 0.3) is 5.88 Å². The number of nitrogens with zero attached hydrogens (tertiary/aromatic N) is 2. The normalized spacial score (nSPS) is 9.67. The lowest BCUT2D eigenvalue weighted by Gasteiger charge is -2.10. The van der Waals surface area contributed by atoms with Gasteiger partial charge in [0.1, 0.15) is 6.61 Å². The van der Waals surface area contributed by atoms with Gasteiger partial charge in [-0.1, -0.05) is 12.1 Å². The minimum absolute atomic E-state index is 0.0755. The molecule has 0 spiro atoms. The van der Waals surface area contributed by atoms with Crippen molar-refractivity contribution in [3.8, 4) is 17.7 Å². The van der Waals surface area contributed by atoms with Crippen LogP contribution < -0.4 is 20.5 Å². The van der Waals surface area contributed by atoms with Gasteiger partial charge in [-0.15, -0.1) is 0 Å². The van der Waals surface area contributed by atoms with Crippen molar-refractivity contribution in [3.05, 3.63) is 53.7 Å². The van der Waals surface area contributed by atoms with E-state index in [1.54, 1.807) is 36.4 Å². The van der Waals surface area contributed by atoms with Gasteiger partial charge in [-0.3, -0.25) is 10.1 Å². The van der Waals surface area contributed by atoms with E-state index >= 15 is 0 Å². The van der Waals surface area contributed by atoms with Crippen molar-refractivity contribution in [2.45, 2.75) is 6.61 Å². The standard InChI is InChI=1S/C16H14N4O4/c17-8-11-3-5-12(6-4-11)10-23-13-2-1-7-19-15(13)24-16(22)20-14(21)9-18/h1-7H,9-10,18H2,(H,20,21,22). The first-order valence-electron chi connectivity index (χ1n) is 6.91. The van der Waals surface area contributed by atoms with Crippen LogP contribution in [0.1, 0.15) is 11.1 Å². The van der Waals surface area contributed by atoms with Gasteiger partial charge < -0.3 is 15.2 Å². The summed E-state index contributed by atoms with van der Waals surface area (Å²) >= 11 is 0. The smallest absolute Gasteiger partial charge is 0.420 e. The molecular formula is C16H14N4O4. The van der Waals surface area contributed by atoms with Crippen LogP contribution in [-0.4, -0.2) is 23.5 Å². The number of nitrogens with one attached hydrogen (secondary N) is 1. The number of aromatic nitrogens is 1. The van der Waals surface area contributed by atoms with Gasteiger partial charge in [-0.05, 0) is 29.8 Å². The number of imide groups is 1. The van der Waals surface area contributed by atoms with Crippen LogP contribution in [-0.2, 0) is 11.4 Å². The van der Waals surface area contributed by atoms with Gasteiger partial charge in [-0.2, -0.15) is 5.26 Å². The molecular weight excluding hydrogens is 312 g/mol. The Morgan fingerprint density at radius 3 is 2.67 bits per heavy atom. The van der Waals surface area contributed by atoms with Gasteiger partial charge >= 0.3 is 6.09 Å². The summed E-state index contributed by atoms with van der Waals surface area (Å²) in [6.07, 6.45) is 0.425. The maximum absolute atomic E-state index is 11.5. The summed E-state index contributed by atoms with van der Waals surface area (Å²) in [4.78, 5) is 26.5. The predicted octanol–water partition coefficient (Wildman–Crippen LogP) is 1.11. The molecule has 0 fully saturated rings. The molecule has 1 aromatic heterocycles. The highest BCUT2D eigenvalue weighted by atomic mass is 16.6. The van der Waals surface area contributed by atoms with E-state index in [2.05, 4.69) is 4.98 Å². The SMILES string of the molecule is N#Cc1ccc(COc2cccnc2OC(=O)NC(=O)CN)cc1. The Hall–Kier alpha value is -3.44. The molecule has 8 nitrogen and oxygen atoms in total. The van der Waals surface area contributed by atoms with Crippen molar-refractivity contribution in [2.24, 2.45) is 5.73 Å². The third kappa shape index (κ3) is 4.79. The first-order chi connectivity index (χ1) is 11.6. The van der Waals surface area contributed by atoms with Gasteiger partial charge in [0.2, 0.25) is 5.91 Å². The van der Waals surface area contributed by atoms with Crippen LogP contribution in [0.5, 0.6) is 11.6 Å². The van der Waals surface area contributed by atoms with Crippen LogP contribution >= 0.6 is 0 Å². The summed E-state index contributed by atoms with van der Waals surface area (Å²) in [5, 5.41) is 10.7. The highest BCUT2D eigenvalue weighted by molar-refractivity contribution is 5.93. The number of ether oxygens (including phenoxy) is 2. The van der Waals surface area contributed by atoms with Crippen LogP contribution in [0.3, 0.4) is 0 Å². The Balaban J connectivity index is 2.01. The highest BCUT2D eigenvalue weighted by Gasteiger charge is 2.13. The van der Waals surface area contributed by atoms with E-state index in [0.717, 1.165) is 5.56 Å². The number of carbonyl (C=O) groups excluding carboxylic acids is 2. The summed E-state index contributed by atoms with van der Waals surface area (Å²) in [6, 6.07) is 12.1. The van der Waals surface area contributed by atoms with E-state index in [1.807, 2.05) is 11.4 Å². The Kier molecular flexibility index (Phi) is 5.82. The Bertz CT molecular complexity index is 768. The molecule has 0 atom stereocenters. The van der Waals surface area contributed by atoms with Crippen molar-refractivity contribution in [3.63, 3.8) is 0 Å². The highest BCUT2D eigenvalue weighted by Crippen LogP contribution is 2.24. The molecule has 0 unspecified atom stereocenters. The lowest BCUT2D eigenvalue weighted by molar-refractivity contribution is -0.118. The molecule has 2 amide bonds. The maximum atomic E-state index is 11.5. The van der Waals surface area contributed by atoms with Crippen molar-refractivity contribution in [1.29, 1.82) is 5.26 Å². The van der Waals surface area contributed by atoms with Gasteiger partial charge in [0.15, 0.2) is 5.75 Å². The van der Waals surface area contributed by atoms with Crippen LogP contribution in [0, 0.1) is 11.3 Å². The fourth-order valence-electron chi connectivity index (χ4n) is 1.68. The Morgan fingerprint density at radius 2 is 2.00 bits per heavy atom. The first kappa shape index (κ1) is 16.9. The lowest BCUT2D eigenvalue weighted by Crippen LogP contribution is -2.37. The van der Waals surface area contributed by atoms with E-state index < -0.39 is 12.0 Å². The molecule has 2 rings (SSSR count). The van der Waals surface area contributed by atoms with Crippen LogP contribution in [0.4, 0.5) is 4.79 Å². The monoisotopic (exact) mass is 326 g/mol. The molecule has 8 heteroatoms. The summed E-state index contributed by atoms with van der Waals surface area (Å²) < 4.78 is 10.5. The molecule has 122 valence electrons. The van der Waals surface area contributed by atoms with Crippen LogP contribution in [0.15, 0.2) is 42.6 Å². The number of amides is 2. The molecule has 0 radical (unpaired) electrons. The molecule has 0 saturated heterocycles. The second-order valence-corrected chi connectivity index (χ2v) is 4.55. The Morgan fingerprint density at radius 1 is 1.25 bits per heavy atom. The van der Waals surface area contributed by atoms with Crippen molar-refractivity contribution >= 4 is 12.0 Å². The van der Waals surface area contributed by atoms with E-state index in [0.29, 0.717) is 5.56 Å². The number of rotatable bonds is 5. The lowest BCUT2D eigenvalue weighted by atomic mass is 10.2. The van der Waals surface area contributed by atoms with Crippen LogP contribution in [0.25, 0.3) is 0 Å². The molecule has 0 aliphatic rings. The van der Waals surface area contributed by atoms with E-state index in [4.69, 9.17) is 20.5 Å². The quantitative estimate of drug-likeness (QED) is 0.842. The molecule has 0 saturated carbocycles. The van der Waals surface area contributed by atoms with E-state index in [1.165, 1.54) is 6.20 Å². The molecule has 2 aromatic rings. The van der Waals surface area contributed by atoms with E-state index in [9.17, 15) is 9.59 Å². The molecule has 1 aromatic carbocycles. The minimum Gasteiger partial charge on any atom is -0.483 e. The molecule has 0 bridgehead atoms. The van der Waals surface area contributed by atoms with Gasteiger partial charge in [0.05, 0.1) is 18.2 Å². The number of hydrogen-bond acceptors (Lipinski definition) is 7. The number of hydrogen-bond donors (Lipinski definition) is 2. The molecule has 0 aliphatic heterocycles. The first-order valence-corrected chi connectivity index (χ1v) is 6.91. The predicted molar refractivity (Wildman–Crippen MR) is 82.9 cm³/mol. The summed E-state index contributed by atoms with van der Waals surface area (Å²) in [5.41, 5.74) is 6.47. The van der Waals surface area contributed by atoms with Gasteiger partial charge in [-0.25, -0.2) is 9.78 Å². The number of benzene rings is 1. The van der Waals surface area contributed by atoms with Crippen LogP contribution in [0.2, 0.25) is 0 Å². The van der Waals surface area contributed by atoms with Crippen molar-refractivity contribution < 1.29 is 19.1 Å². The summed E-state index contributed by atoms with van der Waals surface area (Å²) in [6.45, 7) is -0.142. The average Bonchev–Trinajstić information content (AvgIpc) is 2.61. The zero-order chi connectivity index (χ0) is 17.4. The molecule has 3 N–H and O–H groups in total. The minimum atomic E-state index is -0.993. The zero-order valence-electron chi connectivity index (χ0n) is 12.6. The average molecular weight is 326 g/mol. The topological polar surface area (TPSA) is 127 Å². The summed E-state index contributed by atoms with van der Waals surface area (Å²) in [5.74, 6) is -0.512. The number of pyridine rings is 1. The molecule has 1 heterocycles. The fourth-order valence-corrected chi connectivity index (χ4v) is 1.68. The Labute approximate surface area is 137 Å². The third-order valence-electron chi connectivity index (χ3n) is 2.83. The third-order valence-corrected chi connectivity index (χ3v) is 2.83. The summed E-state index contributed by atoms with van der Waals surface area (Å²) in [7, 11) is 0. The van der Waals surface area contributed by atoms with Crippen molar-refractivity contribution in [1.82, 2.24) is 10.3 Å². The molecule has 0 aliphatic carbocycles. The maximum Gasteiger partial charge on any atom is 0.420 e. The second-order valence-electron chi connectivity index (χ2n) is 4.55. The largest absolute Gasteiger partial charge is 0.483 e. The zero-order valence-corrected chi connectivity index (χ0v) is 12.6. The fraction of sp³-hybridized carbons (Fsp3) is 0.125. The van der Waals surface area contributed by atoms with Crippen molar-refractivity contribution in [2.75, 3.05) is 6.54 Å². The number of nitriles is 1. The van der Waals surface area contributed by atoms with Gasteiger partial charge in [0, 0.05) is 6.20 Å². The van der Waals surface area contributed by atoms with E-state index in [-0.39, 0.29) is 24.8 Å². The number of carbonyl (C=O) groups is 2. The number of nitrogens with two attached hydrogens (primary N) is 1. The molecule has 24 heavy (non-hydrogen) atoms.